The third kappa shape index (κ3) is 4.24. The quantitative estimate of drug-likeness (QED) is 0.376. The van der Waals surface area contributed by atoms with Gasteiger partial charge in [0.05, 0.1) is 17.0 Å². The molecule has 32 heavy (non-hydrogen) atoms. The monoisotopic (exact) mass is 568 g/mol. The topological polar surface area (TPSA) is 74.8 Å². The van der Waals surface area contributed by atoms with Crippen molar-refractivity contribution in [2.45, 2.75) is 71.4 Å². The number of carbonyl (C=O) groups excluding carboxylic acids is 2. The van der Waals surface area contributed by atoms with E-state index >= 15 is 0 Å². The molecular formula is C24H29IN2O4S. The van der Waals surface area contributed by atoms with E-state index in [4.69, 9.17) is 0 Å². The number of rotatable bonds is 6. The molecule has 0 N–H and O–H groups in total. The Kier molecular flexibility index (Phi) is 7.17. The molecule has 2 atom stereocenters. The highest BCUT2D eigenvalue weighted by Crippen LogP contribution is 2.35. The van der Waals surface area contributed by atoms with Crippen molar-refractivity contribution in [3.63, 3.8) is 0 Å². The summed E-state index contributed by atoms with van der Waals surface area (Å²) < 4.78 is 30.3. The van der Waals surface area contributed by atoms with Crippen LogP contribution in [0.1, 0.15) is 48.9 Å². The first-order chi connectivity index (χ1) is 14.9. The normalized spacial score (nSPS) is 18.0. The highest BCUT2D eigenvalue weighted by atomic mass is 127. The minimum absolute atomic E-state index is 0.169. The Bertz CT molecular complexity index is 1150. The maximum atomic E-state index is 14.0. The van der Waals surface area contributed by atoms with E-state index in [1.807, 2.05) is 39.0 Å². The van der Waals surface area contributed by atoms with Gasteiger partial charge in [-0.25, -0.2) is 13.3 Å². The van der Waals surface area contributed by atoms with Gasteiger partial charge in [-0.15, -0.1) is 0 Å². The minimum atomic E-state index is -4.04. The van der Waals surface area contributed by atoms with Crippen molar-refractivity contribution < 1.29 is 18.0 Å². The summed E-state index contributed by atoms with van der Waals surface area (Å²) in [5.41, 5.74) is 3.57. The van der Waals surface area contributed by atoms with E-state index in [0.717, 1.165) is 19.6 Å². The fourth-order valence-corrected chi connectivity index (χ4v) is 7.03. The molecule has 2 aromatic rings. The lowest BCUT2D eigenvalue weighted by Crippen LogP contribution is -2.49. The maximum Gasteiger partial charge on any atom is 0.252 e. The molecule has 0 aliphatic carbocycles. The first kappa shape index (κ1) is 24.9. The second-order valence-corrected chi connectivity index (χ2v) is 11.5. The lowest BCUT2D eigenvalue weighted by atomic mass is 10.0. The Labute approximate surface area is 204 Å². The average molecular weight is 568 g/mol. The molecule has 0 radical (unpaired) electrons. The molecule has 2 unspecified atom stereocenters. The Morgan fingerprint density at radius 1 is 1.06 bits per heavy atom. The summed E-state index contributed by atoms with van der Waals surface area (Å²) in [4.78, 5) is 27.7. The van der Waals surface area contributed by atoms with Gasteiger partial charge >= 0.3 is 0 Å². The third-order valence-corrected chi connectivity index (χ3v) is 9.39. The predicted octanol–water partition coefficient (Wildman–Crippen LogP) is 4.65. The van der Waals surface area contributed by atoms with Crippen LogP contribution in [0.25, 0.3) is 0 Å². The molecular weight excluding hydrogens is 539 g/mol. The Balaban J connectivity index is 2.13. The Morgan fingerprint density at radius 3 is 2.09 bits per heavy atom. The first-order valence-electron chi connectivity index (χ1n) is 10.6. The van der Waals surface area contributed by atoms with Crippen LogP contribution >= 0.6 is 22.6 Å². The molecule has 3 rings (SSSR count). The van der Waals surface area contributed by atoms with E-state index < -0.39 is 33.9 Å². The summed E-state index contributed by atoms with van der Waals surface area (Å²) in [6, 6.07) is 7.50. The van der Waals surface area contributed by atoms with Crippen molar-refractivity contribution in [3.8, 4) is 0 Å². The van der Waals surface area contributed by atoms with Crippen LogP contribution in [-0.2, 0) is 19.6 Å². The zero-order valence-corrected chi connectivity index (χ0v) is 22.2. The van der Waals surface area contributed by atoms with Crippen molar-refractivity contribution in [3.05, 3.63) is 56.2 Å². The van der Waals surface area contributed by atoms with Gasteiger partial charge in [0.15, 0.2) is 0 Å². The summed E-state index contributed by atoms with van der Waals surface area (Å²) in [5, 5.41) is 0. The van der Waals surface area contributed by atoms with Crippen molar-refractivity contribution in [2.75, 3.05) is 4.90 Å². The van der Waals surface area contributed by atoms with Crippen molar-refractivity contribution in [1.29, 1.82) is 0 Å². The van der Waals surface area contributed by atoms with E-state index in [2.05, 4.69) is 22.6 Å². The van der Waals surface area contributed by atoms with E-state index in [1.54, 1.807) is 32.9 Å². The number of hydrogen-bond acceptors (Lipinski definition) is 4. The standard InChI is InChI=1S/C24H29IN2O4S/c1-7-16(4)27(32(30,31)23-17(5)14(2)12-15(3)18(23)6)21-13-22(28)26(24(21)29)20-10-8-19(25)9-11-20/h8-12,16,21H,7,13H2,1-6H3. The number of anilines is 1. The maximum absolute atomic E-state index is 14.0. The number of amides is 2. The van der Waals surface area contributed by atoms with Crippen LogP contribution in [0, 0.1) is 31.3 Å². The number of benzene rings is 2. The van der Waals surface area contributed by atoms with Crippen LogP contribution in [0.2, 0.25) is 0 Å². The van der Waals surface area contributed by atoms with E-state index in [9.17, 15) is 18.0 Å². The second-order valence-electron chi connectivity index (χ2n) is 8.45. The molecule has 172 valence electrons. The minimum Gasteiger partial charge on any atom is -0.274 e. The van der Waals surface area contributed by atoms with Crippen molar-refractivity contribution in [1.82, 2.24) is 4.31 Å². The van der Waals surface area contributed by atoms with Crippen LogP contribution in [-0.4, -0.2) is 36.6 Å². The van der Waals surface area contributed by atoms with Crippen LogP contribution < -0.4 is 4.90 Å². The van der Waals surface area contributed by atoms with Gasteiger partial charge in [0.25, 0.3) is 5.91 Å². The number of halogens is 1. The third-order valence-electron chi connectivity index (χ3n) is 6.37. The second kappa shape index (κ2) is 9.23. The van der Waals surface area contributed by atoms with Gasteiger partial charge in [0.1, 0.15) is 6.04 Å². The molecule has 1 fully saturated rings. The lowest BCUT2D eigenvalue weighted by Gasteiger charge is -2.33. The summed E-state index contributed by atoms with van der Waals surface area (Å²) >= 11 is 2.15. The fraction of sp³-hybridized carbons (Fsp3) is 0.417. The van der Waals surface area contributed by atoms with E-state index in [0.29, 0.717) is 23.2 Å². The van der Waals surface area contributed by atoms with Crippen LogP contribution in [0.4, 0.5) is 5.69 Å². The number of carbonyl (C=O) groups is 2. The SMILES string of the molecule is CCC(C)N(C1CC(=O)N(c2ccc(I)cc2)C1=O)S(=O)(=O)c1c(C)c(C)cc(C)c1C. The highest BCUT2D eigenvalue weighted by Gasteiger charge is 2.49. The molecule has 0 saturated carbocycles. The summed E-state index contributed by atoms with van der Waals surface area (Å²) in [6.45, 7) is 11.0. The zero-order chi connectivity index (χ0) is 24.0. The first-order valence-corrected chi connectivity index (χ1v) is 13.2. The Morgan fingerprint density at radius 2 is 1.59 bits per heavy atom. The molecule has 6 nitrogen and oxygen atoms in total. The molecule has 0 bridgehead atoms. The van der Waals surface area contributed by atoms with Gasteiger partial charge in [-0.3, -0.25) is 9.59 Å². The molecule has 0 aromatic heterocycles. The van der Waals surface area contributed by atoms with Crippen LogP contribution in [0.5, 0.6) is 0 Å². The van der Waals surface area contributed by atoms with Gasteiger partial charge < -0.3 is 0 Å². The molecule has 1 saturated heterocycles. The van der Waals surface area contributed by atoms with Crippen molar-refractivity contribution in [2.24, 2.45) is 0 Å². The number of hydrogen-bond donors (Lipinski definition) is 0. The summed E-state index contributed by atoms with van der Waals surface area (Å²) in [6.07, 6.45) is 0.348. The average Bonchev–Trinajstić information content (AvgIpc) is 3.00. The smallest absolute Gasteiger partial charge is 0.252 e. The van der Waals surface area contributed by atoms with Gasteiger partial charge in [-0.2, -0.15) is 4.31 Å². The number of aryl methyl sites for hydroxylation is 2. The van der Waals surface area contributed by atoms with Crippen LogP contribution in [0.3, 0.4) is 0 Å². The van der Waals surface area contributed by atoms with Gasteiger partial charge in [-0.1, -0.05) is 13.0 Å². The highest BCUT2D eigenvalue weighted by molar-refractivity contribution is 14.1. The summed E-state index contributed by atoms with van der Waals surface area (Å²) in [5.74, 6) is -0.890. The van der Waals surface area contributed by atoms with E-state index in [-0.39, 0.29) is 11.3 Å². The molecule has 1 aliphatic heterocycles. The number of sulfonamides is 1. The molecule has 1 aliphatic rings. The lowest BCUT2D eigenvalue weighted by molar-refractivity contribution is -0.122. The van der Waals surface area contributed by atoms with Crippen molar-refractivity contribution >= 4 is 50.1 Å². The molecule has 8 heteroatoms. The largest absolute Gasteiger partial charge is 0.274 e. The van der Waals surface area contributed by atoms with Crippen LogP contribution in [0.15, 0.2) is 35.2 Å². The molecule has 1 heterocycles. The summed E-state index contributed by atoms with van der Waals surface area (Å²) in [7, 11) is -4.04. The number of nitrogens with zero attached hydrogens (tertiary/aromatic N) is 2. The molecule has 0 spiro atoms. The molecule has 2 amide bonds. The fourth-order valence-electron chi connectivity index (χ4n) is 4.24. The van der Waals surface area contributed by atoms with Gasteiger partial charge in [0, 0.05) is 9.61 Å². The Hall–Kier alpha value is -1.78. The van der Waals surface area contributed by atoms with Gasteiger partial charge in [0.2, 0.25) is 15.9 Å². The van der Waals surface area contributed by atoms with Gasteiger partial charge in [-0.05, 0) is 110 Å². The molecule has 2 aromatic carbocycles. The predicted molar refractivity (Wildman–Crippen MR) is 134 cm³/mol. The zero-order valence-electron chi connectivity index (χ0n) is 19.3. The van der Waals surface area contributed by atoms with E-state index in [1.165, 1.54) is 4.31 Å². The number of imide groups is 1.